The summed E-state index contributed by atoms with van der Waals surface area (Å²) in [5, 5.41) is 11.7. The molecule has 2 N–H and O–H groups in total. The molecule has 2 aromatic carbocycles. The molecule has 1 aliphatic heterocycles. The van der Waals surface area contributed by atoms with E-state index in [1.54, 1.807) is 6.07 Å². The van der Waals surface area contributed by atoms with Crippen LogP contribution in [0.15, 0.2) is 36.9 Å². The second-order valence-corrected chi connectivity index (χ2v) is 8.86. The van der Waals surface area contributed by atoms with Gasteiger partial charge in [0, 0.05) is 23.5 Å². The lowest BCUT2D eigenvalue weighted by atomic mass is 9.92. The third-order valence-electron chi connectivity index (χ3n) is 6.59. The van der Waals surface area contributed by atoms with Crippen LogP contribution in [0.25, 0.3) is 27.7 Å². The smallest absolute Gasteiger partial charge is 0.166 e. The molecule has 2 heterocycles. The van der Waals surface area contributed by atoms with Crippen LogP contribution in [0, 0.1) is 11.6 Å². The van der Waals surface area contributed by atoms with Crippen LogP contribution in [0.1, 0.15) is 49.8 Å². The molecule has 5 rings (SSSR count). The zero-order valence-corrected chi connectivity index (χ0v) is 17.7. The number of H-pyrrole nitrogens is 1. The van der Waals surface area contributed by atoms with E-state index in [0.29, 0.717) is 23.7 Å². The fourth-order valence-corrected chi connectivity index (χ4v) is 4.60. The van der Waals surface area contributed by atoms with Crippen LogP contribution in [-0.2, 0) is 6.54 Å². The van der Waals surface area contributed by atoms with Gasteiger partial charge in [0.05, 0.1) is 11.2 Å². The van der Waals surface area contributed by atoms with Crippen LogP contribution in [0.4, 0.5) is 8.78 Å². The van der Waals surface area contributed by atoms with Gasteiger partial charge in [-0.05, 0) is 80.6 Å². The largest absolute Gasteiger partial charge is 0.381 e. The lowest BCUT2D eigenvalue weighted by molar-refractivity contribution is 0.220. The van der Waals surface area contributed by atoms with Gasteiger partial charge in [0.1, 0.15) is 5.69 Å². The molecule has 0 spiro atoms. The molecule has 6 heteroatoms. The molecule has 3 aromatic rings. The maximum Gasteiger partial charge on any atom is 0.166 e. The Morgan fingerprint density at radius 1 is 1.10 bits per heavy atom. The van der Waals surface area contributed by atoms with E-state index in [1.807, 2.05) is 18.2 Å². The minimum absolute atomic E-state index is 0.290. The Balaban J connectivity index is 1.47. The van der Waals surface area contributed by atoms with Gasteiger partial charge in [0.25, 0.3) is 0 Å². The Morgan fingerprint density at radius 3 is 2.65 bits per heavy atom. The first-order valence-electron chi connectivity index (χ1n) is 11.2. The molecule has 1 aromatic heterocycles. The van der Waals surface area contributed by atoms with Gasteiger partial charge in [-0.25, -0.2) is 8.78 Å². The number of nitrogens with zero attached hydrogens (tertiary/aromatic N) is 2. The van der Waals surface area contributed by atoms with E-state index in [2.05, 4.69) is 27.0 Å². The molecule has 31 heavy (non-hydrogen) atoms. The van der Waals surface area contributed by atoms with Crippen molar-refractivity contribution >= 4 is 16.6 Å². The predicted octanol–water partition coefficient (Wildman–Crippen LogP) is 5.61. The summed E-state index contributed by atoms with van der Waals surface area (Å²) in [6.45, 7) is 6.81. The summed E-state index contributed by atoms with van der Waals surface area (Å²) in [5.41, 5.74) is 4.08. The molecule has 1 saturated heterocycles. The molecule has 0 bridgehead atoms. The van der Waals surface area contributed by atoms with Crippen LogP contribution in [-0.4, -0.2) is 34.2 Å². The number of hydrogen-bond donors (Lipinski definition) is 2. The second kappa shape index (κ2) is 8.42. The number of aromatic nitrogens is 2. The Labute approximate surface area is 181 Å². The van der Waals surface area contributed by atoms with Crippen LogP contribution in [0.5, 0.6) is 0 Å². The second-order valence-electron chi connectivity index (χ2n) is 8.86. The van der Waals surface area contributed by atoms with Gasteiger partial charge in [0.2, 0.25) is 0 Å². The van der Waals surface area contributed by atoms with Gasteiger partial charge in [-0.15, -0.1) is 0 Å². The van der Waals surface area contributed by atoms with Crippen molar-refractivity contribution in [1.29, 1.82) is 0 Å². The number of benzene rings is 2. The number of hydrogen-bond acceptors (Lipinski definition) is 3. The molecule has 4 nitrogen and oxygen atoms in total. The highest BCUT2D eigenvalue weighted by Gasteiger charge is 2.21. The van der Waals surface area contributed by atoms with Gasteiger partial charge < -0.3 is 5.32 Å². The van der Waals surface area contributed by atoms with Crippen molar-refractivity contribution < 1.29 is 8.78 Å². The summed E-state index contributed by atoms with van der Waals surface area (Å²) in [4.78, 5) is 2.31. The topological polar surface area (TPSA) is 44.0 Å². The van der Waals surface area contributed by atoms with E-state index in [-0.39, 0.29) is 0 Å². The van der Waals surface area contributed by atoms with Gasteiger partial charge >= 0.3 is 0 Å². The Hall–Kier alpha value is -2.73. The summed E-state index contributed by atoms with van der Waals surface area (Å²) in [6.07, 6.45) is 7.08. The van der Waals surface area contributed by atoms with Crippen LogP contribution >= 0.6 is 0 Å². The van der Waals surface area contributed by atoms with Crippen LogP contribution < -0.4 is 5.32 Å². The fourth-order valence-electron chi connectivity index (χ4n) is 4.60. The van der Waals surface area contributed by atoms with Crippen LogP contribution in [0.2, 0.25) is 0 Å². The van der Waals surface area contributed by atoms with Crippen molar-refractivity contribution in [2.24, 2.45) is 0 Å². The number of likely N-dealkylation sites (tertiary alicyclic amines) is 1. The first-order valence-corrected chi connectivity index (χ1v) is 11.2. The van der Waals surface area contributed by atoms with E-state index >= 15 is 0 Å². The number of nitrogens with one attached hydrogen (secondary N) is 2. The highest BCUT2D eigenvalue weighted by Crippen LogP contribution is 2.32. The molecule has 2 fully saturated rings. The van der Waals surface area contributed by atoms with Crippen molar-refractivity contribution in [2.75, 3.05) is 13.1 Å². The SMILES string of the molecule is C=C(NC1CCC1)c1n[nH]c2ccc(-c3cc(CN4CCCCC4)cc(F)c3F)cc12. The zero-order chi connectivity index (χ0) is 21.4. The van der Waals surface area contributed by atoms with Crippen molar-refractivity contribution in [3.05, 3.63) is 59.8 Å². The first kappa shape index (κ1) is 20.2. The van der Waals surface area contributed by atoms with Crippen molar-refractivity contribution in [3.63, 3.8) is 0 Å². The highest BCUT2D eigenvalue weighted by atomic mass is 19.2. The Bertz CT molecular complexity index is 1110. The van der Waals surface area contributed by atoms with E-state index in [1.165, 1.54) is 18.9 Å². The van der Waals surface area contributed by atoms with Crippen molar-refractivity contribution in [3.8, 4) is 11.1 Å². The molecule has 162 valence electrons. The third-order valence-corrected chi connectivity index (χ3v) is 6.59. The molecule has 0 unspecified atom stereocenters. The zero-order valence-electron chi connectivity index (χ0n) is 17.7. The van der Waals surface area contributed by atoms with E-state index in [4.69, 9.17) is 0 Å². The lowest BCUT2D eigenvalue weighted by Gasteiger charge is -2.28. The van der Waals surface area contributed by atoms with Crippen molar-refractivity contribution in [2.45, 2.75) is 51.1 Å². The molecule has 0 atom stereocenters. The van der Waals surface area contributed by atoms with Crippen molar-refractivity contribution in [1.82, 2.24) is 20.4 Å². The predicted molar refractivity (Wildman–Crippen MR) is 120 cm³/mol. The summed E-state index contributed by atoms with van der Waals surface area (Å²) < 4.78 is 29.3. The third kappa shape index (κ3) is 4.09. The lowest BCUT2D eigenvalue weighted by Crippen LogP contribution is -2.33. The number of piperidine rings is 1. The van der Waals surface area contributed by atoms with E-state index in [0.717, 1.165) is 66.6 Å². The summed E-state index contributed by atoms with van der Waals surface area (Å²) >= 11 is 0. The molecule has 1 aliphatic carbocycles. The molecular formula is C25H28F2N4. The average molecular weight is 423 g/mol. The van der Waals surface area contributed by atoms with Gasteiger partial charge in [-0.1, -0.05) is 19.1 Å². The normalized spacial score (nSPS) is 17.6. The van der Waals surface area contributed by atoms with Gasteiger partial charge in [0.15, 0.2) is 11.6 Å². The molecule has 2 aliphatic rings. The maximum absolute atomic E-state index is 14.8. The number of aromatic amines is 1. The van der Waals surface area contributed by atoms with E-state index in [9.17, 15) is 8.78 Å². The Morgan fingerprint density at radius 2 is 1.90 bits per heavy atom. The number of halogens is 2. The summed E-state index contributed by atoms with van der Waals surface area (Å²) in [7, 11) is 0. The minimum atomic E-state index is -0.807. The summed E-state index contributed by atoms with van der Waals surface area (Å²) in [6, 6.07) is 9.13. The highest BCUT2D eigenvalue weighted by molar-refractivity contribution is 5.92. The molecule has 1 saturated carbocycles. The van der Waals surface area contributed by atoms with E-state index < -0.39 is 11.6 Å². The van der Waals surface area contributed by atoms with Gasteiger partial charge in [-0.3, -0.25) is 10.00 Å². The first-order chi connectivity index (χ1) is 15.1. The molecule has 0 radical (unpaired) electrons. The minimum Gasteiger partial charge on any atom is -0.381 e. The Kier molecular flexibility index (Phi) is 5.48. The fraction of sp³-hybridized carbons (Fsp3) is 0.400. The standard InChI is InChI=1S/C25H28F2N4/c1-16(28-19-6-5-7-19)25-21-14-18(8-9-23(21)29-30-25)20-12-17(13-22(26)24(20)27)15-31-10-3-2-4-11-31/h8-9,12-14,19,28H,1-7,10-11,15H2,(H,29,30). The number of fused-ring (bicyclic) bond motifs is 1. The maximum atomic E-state index is 14.8. The van der Waals surface area contributed by atoms with Crippen LogP contribution in [0.3, 0.4) is 0 Å². The summed E-state index contributed by atoms with van der Waals surface area (Å²) in [5.74, 6) is -1.61. The molecular weight excluding hydrogens is 394 g/mol. The average Bonchev–Trinajstić information content (AvgIpc) is 3.17. The monoisotopic (exact) mass is 422 g/mol. The molecule has 0 amide bonds. The number of rotatable bonds is 6. The van der Waals surface area contributed by atoms with Gasteiger partial charge in [-0.2, -0.15) is 5.10 Å². The quantitative estimate of drug-likeness (QED) is 0.543.